The van der Waals surface area contributed by atoms with E-state index in [4.69, 9.17) is 4.42 Å². The Bertz CT molecular complexity index is 3810. The van der Waals surface area contributed by atoms with E-state index in [1.54, 1.807) is 0 Å². The van der Waals surface area contributed by atoms with Gasteiger partial charge in [0.25, 0.3) is 0 Å². The Hall–Kier alpha value is -8.72. The fourth-order valence-corrected chi connectivity index (χ4v) is 11.9. The van der Waals surface area contributed by atoms with E-state index < -0.39 is 5.41 Å². The predicted octanol–water partition coefficient (Wildman–Crippen LogP) is 18.2. The number of nitrogens with zero attached hydrogens (tertiary/aromatic N) is 1. The zero-order chi connectivity index (χ0) is 46.8. The van der Waals surface area contributed by atoms with Gasteiger partial charge in [-0.15, -0.1) is 0 Å². The molecule has 1 aromatic heterocycles. The lowest BCUT2D eigenvalue weighted by Crippen LogP contribution is -2.31. The molecule has 0 saturated heterocycles. The van der Waals surface area contributed by atoms with Gasteiger partial charge in [-0.1, -0.05) is 232 Å². The lowest BCUT2D eigenvalue weighted by atomic mass is 9.65. The van der Waals surface area contributed by atoms with E-state index in [1.807, 2.05) is 6.07 Å². The number of furan rings is 1. The molecule has 0 amide bonds. The normalized spacial score (nSPS) is 12.8. The molecular weight excluding hydrogens is 847 g/mol. The third-order valence-electron chi connectivity index (χ3n) is 15.0. The largest absolute Gasteiger partial charge is 0.456 e. The number of para-hydroxylation sites is 1. The monoisotopic (exact) mass is 895 g/mol. The Morgan fingerprint density at radius 2 is 0.871 bits per heavy atom. The molecule has 0 bridgehead atoms. The smallest absolute Gasteiger partial charge is 0.136 e. The molecule has 0 unspecified atom stereocenters. The number of hydrogen-bond donors (Lipinski definition) is 0. The van der Waals surface area contributed by atoms with Crippen LogP contribution in [0.3, 0.4) is 0 Å². The summed E-state index contributed by atoms with van der Waals surface area (Å²) in [4.78, 5) is 2.50. The molecule has 11 aromatic carbocycles. The van der Waals surface area contributed by atoms with Gasteiger partial charge in [-0.05, 0) is 114 Å². The summed E-state index contributed by atoms with van der Waals surface area (Å²) >= 11 is 0. The first-order chi connectivity index (χ1) is 34.5. The van der Waals surface area contributed by atoms with Crippen molar-refractivity contribution in [3.63, 3.8) is 0 Å². The summed E-state index contributed by atoms with van der Waals surface area (Å²) in [6, 6.07) is 95.7. The van der Waals surface area contributed by atoms with Crippen LogP contribution in [0.5, 0.6) is 0 Å². The van der Waals surface area contributed by atoms with E-state index in [9.17, 15) is 0 Å². The number of benzene rings is 11. The SMILES string of the molecule is CC1(C)c2ccccc2-c2cc(N(c3ccc(C(c4ccccc4)(c4ccccc4)c4ccccc4)cc3)c3ccc4ccccc4c3-c3ccccc3-c3cccc4oc5ccccc5c34)ccc21. The molecular formula is C68H49NO. The molecule has 332 valence electrons. The van der Waals surface area contributed by atoms with Gasteiger partial charge in [-0.2, -0.15) is 0 Å². The maximum atomic E-state index is 6.49. The molecule has 2 heteroatoms. The molecule has 1 heterocycles. The Kier molecular flexibility index (Phi) is 9.78. The van der Waals surface area contributed by atoms with Crippen molar-refractivity contribution in [1.82, 2.24) is 0 Å². The molecule has 1 aliphatic rings. The van der Waals surface area contributed by atoms with Crippen LogP contribution in [-0.2, 0) is 10.8 Å². The van der Waals surface area contributed by atoms with E-state index >= 15 is 0 Å². The minimum atomic E-state index is -0.582. The summed E-state index contributed by atoms with van der Waals surface area (Å²) in [6.45, 7) is 4.71. The molecule has 0 N–H and O–H groups in total. The number of rotatable bonds is 9. The molecule has 0 radical (unpaired) electrons. The second-order valence-electron chi connectivity index (χ2n) is 19.1. The summed E-state index contributed by atoms with van der Waals surface area (Å²) in [5, 5.41) is 4.60. The van der Waals surface area contributed by atoms with Crippen molar-refractivity contribution in [3.8, 4) is 33.4 Å². The summed E-state index contributed by atoms with van der Waals surface area (Å²) in [6.07, 6.45) is 0. The van der Waals surface area contributed by atoms with Crippen LogP contribution in [0.25, 0.3) is 66.1 Å². The van der Waals surface area contributed by atoms with Gasteiger partial charge in [-0.25, -0.2) is 0 Å². The molecule has 1 aliphatic carbocycles. The molecule has 0 saturated carbocycles. The van der Waals surface area contributed by atoms with Gasteiger partial charge in [0.15, 0.2) is 0 Å². The van der Waals surface area contributed by atoms with E-state index in [-0.39, 0.29) is 5.41 Å². The van der Waals surface area contributed by atoms with E-state index in [0.29, 0.717) is 0 Å². The minimum absolute atomic E-state index is 0.127. The summed E-state index contributed by atoms with van der Waals surface area (Å²) in [7, 11) is 0. The van der Waals surface area contributed by atoms with Crippen molar-refractivity contribution < 1.29 is 4.42 Å². The second-order valence-corrected chi connectivity index (χ2v) is 19.1. The van der Waals surface area contributed by atoms with Crippen molar-refractivity contribution in [2.24, 2.45) is 0 Å². The van der Waals surface area contributed by atoms with Crippen LogP contribution in [0.2, 0.25) is 0 Å². The lowest BCUT2D eigenvalue weighted by molar-refractivity contribution is 0.660. The van der Waals surface area contributed by atoms with Crippen LogP contribution >= 0.6 is 0 Å². The lowest BCUT2D eigenvalue weighted by Gasteiger charge is -2.37. The first kappa shape index (κ1) is 41.5. The fraction of sp³-hybridized carbons (Fsp3) is 0.0588. The van der Waals surface area contributed by atoms with E-state index in [2.05, 4.69) is 274 Å². The van der Waals surface area contributed by atoms with Gasteiger partial charge < -0.3 is 9.32 Å². The zero-order valence-corrected chi connectivity index (χ0v) is 39.2. The van der Waals surface area contributed by atoms with Gasteiger partial charge in [0.2, 0.25) is 0 Å². The van der Waals surface area contributed by atoms with Crippen LogP contribution < -0.4 is 4.90 Å². The number of fused-ring (bicyclic) bond motifs is 7. The molecule has 12 aromatic rings. The van der Waals surface area contributed by atoms with Crippen LogP contribution in [0, 0.1) is 0 Å². The molecule has 2 nitrogen and oxygen atoms in total. The zero-order valence-electron chi connectivity index (χ0n) is 39.2. The Labute approximate surface area is 409 Å². The highest BCUT2D eigenvalue weighted by Crippen LogP contribution is 2.54. The van der Waals surface area contributed by atoms with E-state index in [1.165, 1.54) is 55.3 Å². The maximum absolute atomic E-state index is 6.49. The molecule has 0 aliphatic heterocycles. The molecule has 70 heavy (non-hydrogen) atoms. The Morgan fingerprint density at radius 3 is 1.57 bits per heavy atom. The average molecular weight is 896 g/mol. The maximum Gasteiger partial charge on any atom is 0.136 e. The topological polar surface area (TPSA) is 16.4 Å². The third-order valence-corrected chi connectivity index (χ3v) is 15.0. The van der Waals surface area contributed by atoms with Gasteiger partial charge in [0, 0.05) is 33.1 Å². The first-order valence-electron chi connectivity index (χ1n) is 24.3. The van der Waals surface area contributed by atoms with Crippen LogP contribution in [0.4, 0.5) is 17.1 Å². The minimum Gasteiger partial charge on any atom is -0.456 e. The van der Waals surface area contributed by atoms with Crippen molar-refractivity contribution in [2.75, 3.05) is 4.90 Å². The number of hydrogen-bond acceptors (Lipinski definition) is 2. The summed E-state index contributed by atoms with van der Waals surface area (Å²) in [5.41, 5.74) is 19.0. The Balaban J connectivity index is 1.08. The average Bonchev–Trinajstić information content (AvgIpc) is 3.92. The van der Waals surface area contributed by atoms with Gasteiger partial charge in [0.1, 0.15) is 11.2 Å². The van der Waals surface area contributed by atoms with Crippen molar-refractivity contribution in [2.45, 2.75) is 24.7 Å². The first-order valence-corrected chi connectivity index (χ1v) is 24.3. The van der Waals surface area contributed by atoms with Crippen LogP contribution in [0.1, 0.15) is 47.2 Å². The highest BCUT2D eigenvalue weighted by Gasteiger charge is 2.39. The van der Waals surface area contributed by atoms with Crippen molar-refractivity contribution in [3.05, 3.63) is 294 Å². The second kappa shape index (κ2) is 16.5. The highest BCUT2D eigenvalue weighted by molar-refractivity contribution is 6.16. The van der Waals surface area contributed by atoms with Gasteiger partial charge in [-0.3, -0.25) is 0 Å². The molecule has 0 spiro atoms. The van der Waals surface area contributed by atoms with E-state index in [0.717, 1.165) is 61.3 Å². The van der Waals surface area contributed by atoms with Crippen molar-refractivity contribution >= 4 is 49.8 Å². The van der Waals surface area contributed by atoms with Crippen LogP contribution in [-0.4, -0.2) is 0 Å². The highest BCUT2D eigenvalue weighted by atomic mass is 16.3. The third kappa shape index (κ3) is 6.41. The van der Waals surface area contributed by atoms with Crippen LogP contribution in [0.15, 0.2) is 265 Å². The Morgan fingerprint density at radius 1 is 0.357 bits per heavy atom. The molecule has 13 rings (SSSR count). The number of anilines is 3. The molecule has 0 atom stereocenters. The van der Waals surface area contributed by atoms with Gasteiger partial charge >= 0.3 is 0 Å². The summed E-state index contributed by atoms with van der Waals surface area (Å²) in [5.74, 6) is 0. The quantitative estimate of drug-likeness (QED) is 0.134. The fourth-order valence-electron chi connectivity index (χ4n) is 11.9. The van der Waals surface area contributed by atoms with Gasteiger partial charge in [0.05, 0.1) is 11.1 Å². The standard InChI is InChI=1S/C68H49NO/c1-67(2)60-34-18-16-30-55(60)59-45-52(42-43-61(59)67)69(51-40-38-50(39-41-51)68(47-22-6-3-7-23-47,48-24-8-4-9-25-48)49-26-10-5-11-27-49)62-44-37-46-21-12-13-28-53(46)65(62)56-31-15-14-29-54(56)57-33-20-36-64-66(57)58-32-17-19-35-63(58)70-64/h3-45H,1-2H3. The van der Waals surface area contributed by atoms with Crippen molar-refractivity contribution in [1.29, 1.82) is 0 Å². The predicted molar refractivity (Wildman–Crippen MR) is 293 cm³/mol. The summed E-state index contributed by atoms with van der Waals surface area (Å²) < 4.78 is 6.49. The molecule has 0 fully saturated rings.